The van der Waals surface area contributed by atoms with Gasteiger partial charge in [0.25, 0.3) is 5.91 Å². The minimum Gasteiger partial charge on any atom is -0.326 e. The largest absolute Gasteiger partial charge is 0.326 e. The maximum Gasteiger partial charge on any atom is 0.291 e. The summed E-state index contributed by atoms with van der Waals surface area (Å²) in [6.45, 7) is 6.00. The van der Waals surface area contributed by atoms with Gasteiger partial charge in [0.05, 0.1) is 6.04 Å². The third-order valence-electron chi connectivity index (χ3n) is 5.31. The summed E-state index contributed by atoms with van der Waals surface area (Å²) in [7, 11) is 0. The van der Waals surface area contributed by atoms with E-state index in [4.69, 9.17) is 0 Å². The fourth-order valence-corrected chi connectivity index (χ4v) is 3.20. The van der Waals surface area contributed by atoms with Gasteiger partial charge in [0.1, 0.15) is 0 Å². The summed E-state index contributed by atoms with van der Waals surface area (Å²) in [6.07, 6.45) is 4.16. The number of nitrogens with zero attached hydrogens (tertiary/aromatic N) is 1. The number of ketones is 2. The molecule has 1 amide bonds. The van der Waals surface area contributed by atoms with Gasteiger partial charge in [0.15, 0.2) is 5.78 Å². The number of carbonyl (C=O) groups excluding carboxylic acids is 3. The van der Waals surface area contributed by atoms with E-state index in [0.29, 0.717) is 25.8 Å². The Balaban J connectivity index is 1.92. The molecule has 2 rings (SSSR count). The first-order chi connectivity index (χ1) is 11.9. The number of Topliss-reactive ketones (excluding diaryl/α,β-unsaturated/α-hetero) is 2. The van der Waals surface area contributed by atoms with Crippen molar-refractivity contribution in [1.82, 2.24) is 4.90 Å². The summed E-state index contributed by atoms with van der Waals surface area (Å²) in [5.41, 5.74) is 0.551. The number of benzene rings is 1. The summed E-state index contributed by atoms with van der Waals surface area (Å²) in [5.74, 6) is -0.770. The van der Waals surface area contributed by atoms with Gasteiger partial charge in [-0.2, -0.15) is 0 Å². The summed E-state index contributed by atoms with van der Waals surface area (Å²) < 4.78 is 0. The molecule has 1 aromatic rings. The van der Waals surface area contributed by atoms with Crippen LogP contribution in [0.4, 0.5) is 0 Å². The Morgan fingerprint density at radius 1 is 1.16 bits per heavy atom. The van der Waals surface area contributed by atoms with Crippen molar-refractivity contribution in [2.24, 2.45) is 5.41 Å². The number of aryl methyl sites for hydroxylation is 1. The molecule has 0 radical (unpaired) electrons. The number of carbonyl (C=O) groups is 3. The van der Waals surface area contributed by atoms with E-state index in [1.807, 2.05) is 25.1 Å². The Labute approximate surface area is 150 Å². The molecule has 0 aromatic heterocycles. The van der Waals surface area contributed by atoms with Crippen LogP contribution in [0, 0.1) is 5.41 Å². The van der Waals surface area contributed by atoms with Crippen LogP contribution in [-0.2, 0) is 20.8 Å². The highest BCUT2D eigenvalue weighted by Gasteiger charge is 2.40. The van der Waals surface area contributed by atoms with Crippen LogP contribution in [0.2, 0.25) is 0 Å². The molecule has 4 heteroatoms. The molecule has 0 unspecified atom stereocenters. The molecule has 136 valence electrons. The van der Waals surface area contributed by atoms with Crippen LogP contribution in [0.5, 0.6) is 0 Å². The van der Waals surface area contributed by atoms with E-state index in [1.54, 1.807) is 13.8 Å². The third-order valence-corrected chi connectivity index (χ3v) is 5.31. The molecule has 4 nitrogen and oxygen atoms in total. The number of hydrogen-bond donors (Lipinski definition) is 0. The molecule has 0 bridgehead atoms. The van der Waals surface area contributed by atoms with Gasteiger partial charge in [-0.15, -0.1) is 0 Å². The molecular weight excluding hydrogens is 314 g/mol. The van der Waals surface area contributed by atoms with E-state index in [1.165, 1.54) is 10.5 Å². The van der Waals surface area contributed by atoms with Crippen molar-refractivity contribution in [3.8, 4) is 0 Å². The van der Waals surface area contributed by atoms with E-state index >= 15 is 0 Å². The molecule has 1 heterocycles. The summed E-state index contributed by atoms with van der Waals surface area (Å²) in [5, 5.41) is 0. The minimum absolute atomic E-state index is 0.0869. The first-order valence-electron chi connectivity index (χ1n) is 9.29. The van der Waals surface area contributed by atoms with Gasteiger partial charge in [0.2, 0.25) is 5.78 Å². The lowest BCUT2D eigenvalue weighted by atomic mass is 9.84. The van der Waals surface area contributed by atoms with Crippen LogP contribution in [0.25, 0.3) is 0 Å². The van der Waals surface area contributed by atoms with Crippen molar-refractivity contribution in [2.45, 2.75) is 65.3 Å². The second-order valence-electron chi connectivity index (χ2n) is 7.53. The van der Waals surface area contributed by atoms with Gasteiger partial charge in [0, 0.05) is 18.4 Å². The molecule has 1 aliphatic rings. The molecule has 1 aliphatic heterocycles. The predicted octanol–water partition coefficient (Wildman–Crippen LogP) is 3.57. The quantitative estimate of drug-likeness (QED) is 0.678. The normalized spacial score (nSPS) is 17.6. The zero-order valence-corrected chi connectivity index (χ0v) is 15.6. The Kier molecular flexibility index (Phi) is 6.51. The van der Waals surface area contributed by atoms with Gasteiger partial charge in [-0.05, 0) is 37.7 Å². The van der Waals surface area contributed by atoms with Crippen LogP contribution in [-0.4, -0.2) is 35.0 Å². The molecule has 0 N–H and O–H groups in total. The predicted molar refractivity (Wildman–Crippen MR) is 98.2 cm³/mol. The van der Waals surface area contributed by atoms with E-state index in [0.717, 1.165) is 19.3 Å². The van der Waals surface area contributed by atoms with E-state index < -0.39 is 17.4 Å². The molecule has 0 spiro atoms. The number of likely N-dealkylation sites (tertiary alicyclic amines) is 1. The molecular formula is C21H29NO3. The Morgan fingerprint density at radius 3 is 2.48 bits per heavy atom. The van der Waals surface area contributed by atoms with Gasteiger partial charge in [-0.25, -0.2) is 0 Å². The molecule has 0 aliphatic carbocycles. The van der Waals surface area contributed by atoms with Crippen LogP contribution >= 0.6 is 0 Å². The molecule has 1 aromatic carbocycles. The van der Waals surface area contributed by atoms with Crippen LogP contribution in [0.15, 0.2) is 30.3 Å². The number of rotatable bonds is 8. The average molecular weight is 343 g/mol. The van der Waals surface area contributed by atoms with Gasteiger partial charge in [-0.3, -0.25) is 14.4 Å². The summed E-state index contributed by atoms with van der Waals surface area (Å²) in [4.78, 5) is 39.1. The Hall–Kier alpha value is -1.97. The second kappa shape index (κ2) is 8.41. The molecule has 1 fully saturated rings. The fourth-order valence-electron chi connectivity index (χ4n) is 3.20. The highest BCUT2D eigenvalue weighted by atomic mass is 16.2. The van der Waals surface area contributed by atoms with Gasteiger partial charge in [-0.1, -0.05) is 51.1 Å². The highest BCUT2D eigenvalue weighted by Crippen LogP contribution is 2.26. The first kappa shape index (κ1) is 19.4. The van der Waals surface area contributed by atoms with Gasteiger partial charge >= 0.3 is 0 Å². The maximum absolute atomic E-state index is 12.6. The zero-order valence-electron chi connectivity index (χ0n) is 15.6. The summed E-state index contributed by atoms with van der Waals surface area (Å²) >= 11 is 0. The highest BCUT2D eigenvalue weighted by molar-refractivity contribution is 6.38. The Bertz CT molecular complexity index is 621. The molecule has 1 atom stereocenters. The third kappa shape index (κ3) is 4.77. The smallest absolute Gasteiger partial charge is 0.291 e. The molecule has 1 saturated heterocycles. The SMILES string of the molecule is CCC(C)(C)C(=O)C(=O)N1CCC[C@H]1C(=O)CCCc1ccccc1. The fraction of sp³-hybridized carbons (Fsp3) is 0.571. The van der Waals surface area contributed by atoms with E-state index in [2.05, 4.69) is 12.1 Å². The second-order valence-corrected chi connectivity index (χ2v) is 7.53. The lowest BCUT2D eigenvalue weighted by Gasteiger charge is -2.27. The van der Waals surface area contributed by atoms with Gasteiger partial charge < -0.3 is 4.90 Å². The molecule has 25 heavy (non-hydrogen) atoms. The first-order valence-corrected chi connectivity index (χ1v) is 9.29. The standard InChI is InChI=1S/C21H29NO3/c1-4-21(2,3)19(24)20(25)22-15-9-13-17(22)18(23)14-8-12-16-10-6-5-7-11-16/h5-7,10-11,17H,4,8-9,12-15H2,1-3H3/t17-/m0/s1. The van der Waals surface area contributed by atoms with E-state index in [-0.39, 0.29) is 11.6 Å². The van der Waals surface area contributed by atoms with Crippen LogP contribution < -0.4 is 0 Å². The molecule has 0 saturated carbocycles. The number of hydrogen-bond acceptors (Lipinski definition) is 3. The van der Waals surface area contributed by atoms with Crippen molar-refractivity contribution >= 4 is 17.5 Å². The average Bonchev–Trinajstić information content (AvgIpc) is 3.11. The van der Waals surface area contributed by atoms with Crippen LogP contribution in [0.1, 0.15) is 58.4 Å². The van der Waals surface area contributed by atoms with Crippen molar-refractivity contribution < 1.29 is 14.4 Å². The van der Waals surface area contributed by atoms with E-state index in [9.17, 15) is 14.4 Å². The lowest BCUT2D eigenvalue weighted by Crippen LogP contribution is -2.47. The van der Waals surface area contributed by atoms with Crippen LogP contribution in [0.3, 0.4) is 0 Å². The van der Waals surface area contributed by atoms with Crippen molar-refractivity contribution in [3.63, 3.8) is 0 Å². The Morgan fingerprint density at radius 2 is 1.84 bits per heavy atom. The topological polar surface area (TPSA) is 54.5 Å². The lowest BCUT2D eigenvalue weighted by molar-refractivity contribution is -0.151. The minimum atomic E-state index is -0.666. The van der Waals surface area contributed by atoms with Crippen molar-refractivity contribution in [2.75, 3.05) is 6.54 Å². The summed E-state index contributed by atoms with van der Waals surface area (Å²) in [6, 6.07) is 9.67. The monoisotopic (exact) mass is 343 g/mol. The number of amides is 1. The van der Waals surface area contributed by atoms with Crippen molar-refractivity contribution in [1.29, 1.82) is 0 Å². The van der Waals surface area contributed by atoms with Crippen molar-refractivity contribution in [3.05, 3.63) is 35.9 Å². The maximum atomic E-state index is 12.6. The zero-order chi connectivity index (χ0) is 18.4.